The molecule has 0 bridgehead atoms. The topological polar surface area (TPSA) is 35.2 Å². The molecule has 0 heterocycles. The molecule has 0 aliphatic carbocycles. The maximum absolute atomic E-state index is 6.00. The zero-order valence-corrected chi connectivity index (χ0v) is 11.4. The first-order valence-corrected chi connectivity index (χ1v) is 6.10. The summed E-state index contributed by atoms with van der Waals surface area (Å²) in [6.45, 7) is 4.48. The lowest BCUT2D eigenvalue weighted by Crippen LogP contribution is -2.27. The molecule has 2 unspecified atom stereocenters. The summed E-state index contributed by atoms with van der Waals surface area (Å²) in [6.07, 6.45) is -0.0545. The van der Waals surface area contributed by atoms with Crippen molar-refractivity contribution >= 4 is 34.8 Å². The van der Waals surface area contributed by atoms with Gasteiger partial charge in [-0.3, -0.25) is 0 Å². The van der Waals surface area contributed by atoms with E-state index in [1.807, 2.05) is 13.8 Å². The standard InChI is InChI=1S/C11H14Cl3NO/c1-6(5-15)7(2)16-11-9(13)3-8(12)4-10(11)14/h3-4,6-7H,5,15H2,1-2H3. The molecule has 1 aromatic rings. The predicted octanol–water partition coefficient (Wildman–Crippen LogP) is 4.01. The summed E-state index contributed by atoms with van der Waals surface area (Å²) in [5.41, 5.74) is 5.56. The molecule has 0 radical (unpaired) electrons. The average molecular weight is 283 g/mol. The van der Waals surface area contributed by atoms with E-state index in [1.54, 1.807) is 12.1 Å². The molecule has 0 saturated heterocycles. The lowest BCUT2D eigenvalue weighted by atomic mass is 10.1. The molecule has 0 aliphatic rings. The molecule has 2 atom stereocenters. The Bertz CT molecular complexity index is 347. The van der Waals surface area contributed by atoms with E-state index in [1.165, 1.54) is 0 Å². The van der Waals surface area contributed by atoms with Crippen LogP contribution >= 0.6 is 34.8 Å². The van der Waals surface area contributed by atoms with Crippen LogP contribution in [0.2, 0.25) is 15.1 Å². The third kappa shape index (κ3) is 3.42. The molecule has 5 heteroatoms. The number of nitrogens with two attached hydrogens (primary N) is 1. The fourth-order valence-electron chi connectivity index (χ4n) is 1.14. The average Bonchev–Trinajstić information content (AvgIpc) is 2.21. The van der Waals surface area contributed by atoms with E-state index in [4.69, 9.17) is 45.3 Å². The molecule has 0 aliphatic heterocycles. The van der Waals surface area contributed by atoms with Gasteiger partial charge in [0.15, 0.2) is 5.75 Å². The monoisotopic (exact) mass is 281 g/mol. The van der Waals surface area contributed by atoms with E-state index in [9.17, 15) is 0 Å². The maximum Gasteiger partial charge on any atom is 0.156 e. The zero-order chi connectivity index (χ0) is 12.3. The predicted molar refractivity (Wildman–Crippen MR) is 69.8 cm³/mol. The van der Waals surface area contributed by atoms with Crippen molar-refractivity contribution in [3.05, 3.63) is 27.2 Å². The van der Waals surface area contributed by atoms with Gasteiger partial charge in [-0.1, -0.05) is 41.7 Å². The van der Waals surface area contributed by atoms with Crippen LogP contribution in [0.1, 0.15) is 13.8 Å². The molecule has 90 valence electrons. The van der Waals surface area contributed by atoms with Crippen molar-refractivity contribution in [2.75, 3.05) is 6.54 Å². The normalized spacial score (nSPS) is 14.6. The van der Waals surface area contributed by atoms with E-state index in [0.29, 0.717) is 27.4 Å². The van der Waals surface area contributed by atoms with Gasteiger partial charge in [-0.2, -0.15) is 0 Å². The largest absolute Gasteiger partial charge is 0.487 e. The van der Waals surface area contributed by atoms with Gasteiger partial charge in [-0.15, -0.1) is 0 Å². The fourth-order valence-corrected chi connectivity index (χ4v) is 2.04. The van der Waals surface area contributed by atoms with Crippen molar-refractivity contribution in [2.45, 2.75) is 20.0 Å². The highest BCUT2D eigenvalue weighted by Crippen LogP contribution is 2.36. The van der Waals surface area contributed by atoms with Gasteiger partial charge in [-0.25, -0.2) is 0 Å². The zero-order valence-electron chi connectivity index (χ0n) is 9.14. The maximum atomic E-state index is 6.00. The Morgan fingerprint density at radius 2 is 1.69 bits per heavy atom. The van der Waals surface area contributed by atoms with Crippen LogP contribution < -0.4 is 10.5 Å². The van der Waals surface area contributed by atoms with Crippen molar-refractivity contribution in [1.29, 1.82) is 0 Å². The highest BCUT2D eigenvalue weighted by molar-refractivity contribution is 6.40. The van der Waals surface area contributed by atoms with Crippen molar-refractivity contribution in [2.24, 2.45) is 11.7 Å². The SMILES string of the molecule is CC(CN)C(C)Oc1c(Cl)cc(Cl)cc1Cl. The minimum absolute atomic E-state index is 0.0545. The smallest absolute Gasteiger partial charge is 0.156 e. The summed E-state index contributed by atoms with van der Waals surface area (Å²) < 4.78 is 5.68. The van der Waals surface area contributed by atoms with Gasteiger partial charge in [0, 0.05) is 10.9 Å². The molecule has 0 fully saturated rings. The van der Waals surface area contributed by atoms with Crippen LogP contribution in [0.15, 0.2) is 12.1 Å². The molecule has 16 heavy (non-hydrogen) atoms. The van der Waals surface area contributed by atoms with Gasteiger partial charge in [0.25, 0.3) is 0 Å². The van der Waals surface area contributed by atoms with Gasteiger partial charge in [0.1, 0.15) is 0 Å². The van der Waals surface area contributed by atoms with Crippen molar-refractivity contribution in [3.63, 3.8) is 0 Å². The van der Waals surface area contributed by atoms with E-state index >= 15 is 0 Å². The molecule has 0 spiro atoms. The second-order valence-corrected chi connectivity index (χ2v) is 4.99. The highest BCUT2D eigenvalue weighted by atomic mass is 35.5. The van der Waals surface area contributed by atoms with Crippen molar-refractivity contribution in [3.8, 4) is 5.75 Å². The molecule has 2 nitrogen and oxygen atoms in total. The van der Waals surface area contributed by atoms with Crippen LogP contribution in [0.3, 0.4) is 0 Å². The number of hydrogen-bond acceptors (Lipinski definition) is 2. The molecular weight excluding hydrogens is 268 g/mol. The second-order valence-electron chi connectivity index (χ2n) is 3.73. The van der Waals surface area contributed by atoms with Crippen LogP contribution in [-0.4, -0.2) is 12.6 Å². The number of halogens is 3. The Labute approximate surface area is 111 Å². The first kappa shape index (κ1) is 13.9. The molecule has 2 N–H and O–H groups in total. The summed E-state index contributed by atoms with van der Waals surface area (Å²) in [5.74, 6) is 0.684. The number of benzene rings is 1. The Morgan fingerprint density at radius 3 is 2.12 bits per heavy atom. The van der Waals surface area contributed by atoms with Crippen LogP contribution in [0.4, 0.5) is 0 Å². The molecule has 0 saturated carbocycles. The van der Waals surface area contributed by atoms with Gasteiger partial charge in [0.2, 0.25) is 0 Å². The van der Waals surface area contributed by atoms with Crippen molar-refractivity contribution < 1.29 is 4.74 Å². The highest BCUT2D eigenvalue weighted by Gasteiger charge is 2.16. The molecule has 0 amide bonds. The van der Waals surface area contributed by atoms with E-state index in [0.717, 1.165) is 0 Å². The minimum Gasteiger partial charge on any atom is -0.487 e. The molecule has 1 rings (SSSR count). The number of rotatable bonds is 4. The molecule has 0 aromatic heterocycles. The summed E-state index contributed by atoms with van der Waals surface area (Å²) >= 11 is 17.8. The van der Waals surface area contributed by atoms with E-state index < -0.39 is 0 Å². The third-order valence-electron chi connectivity index (χ3n) is 2.44. The quantitative estimate of drug-likeness (QED) is 0.905. The van der Waals surface area contributed by atoms with Crippen LogP contribution in [0, 0.1) is 5.92 Å². The van der Waals surface area contributed by atoms with Crippen LogP contribution in [0.5, 0.6) is 5.75 Å². The minimum atomic E-state index is -0.0545. The Balaban J connectivity index is 2.89. The summed E-state index contributed by atoms with van der Waals surface area (Å²) in [6, 6.07) is 3.20. The summed E-state index contributed by atoms with van der Waals surface area (Å²) in [7, 11) is 0. The van der Waals surface area contributed by atoms with Crippen LogP contribution in [-0.2, 0) is 0 Å². The Hall–Kier alpha value is -0.150. The van der Waals surface area contributed by atoms with E-state index in [2.05, 4.69) is 0 Å². The Morgan fingerprint density at radius 1 is 1.19 bits per heavy atom. The van der Waals surface area contributed by atoms with Gasteiger partial charge < -0.3 is 10.5 Å². The summed E-state index contributed by atoms with van der Waals surface area (Å²) in [5, 5.41) is 1.31. The van der Waals surface area contributed by atoms with Crippen molar-refractivity contribution in [1.82, 2.24) is 0 Å². The first-order valence-electron chi connectivity index (χ1n) is 4.97. The second kappa shape index (κ2) is 5.97. The van der Waals surface area contributed by atoms with E-state index in [-0.39, 0.29) is 12.0 Å². The van der Waals surface area contributed by atoms with Gasteiger partial charge in [-0.05, 0) is 25.6 Å². The molecular formula is C11H14Cl3NO. The third-order valence-corrected chi connectivity index (χ3v) is 3.22. The lowest BCUT2D eigenvalue weighted by molar-refractivity contribution is 0.165. The molecule has 1 aromatic carbocycles. The number of hydrogen-bond donors (Lipinski definition) is 1. The summed E-state index contributed by atoms with van der Waals surface area (Å²) in [4.78, 5) is 0. The lowest BCUT2D eigenvalue weighted by Gasteiger charge is -2.21. The van der Waals surface area contributed by atoms with Gasteiger partial charge >= 0.3 is 0 Å². The Kier molecular flexibility index (Phi) is 5.19. The first-order chi connectivity index (χ1) is 7.45. The fraction of sp³-hybridized carbons (Fsp3) is 0.455. The van der Waals surface area contributed by atoms with Gasteiger partial charge in [0.05, 0.1) is 16.1 Å². The number of ether oxygens (including phenoxy) is 1. The van der Waals surface area contributed by atoms with Crippen LogP contribution in [0.25, 0.3) is 0 Å².